The zero-order valence-corrected chi connectivity index (χ0v) is 19.0. The quantitative estimate of drug-likeness (QED) is 0.393. The fourth-order valence-corrected chi connectivity index (χ4v) is 4.02. The van der Waals surface area contributed by atoms with Crippen LogP contribution in [0.4, 0.5) is 0 Å². The van der Waals surface area contributed by atoms with Gasteiger partial charge in [0.15, 0.2) is 11.5 Å². The molecule has 0 bridgehead atoms. The molecule has 1 saturated heterocycles. The number of carbonyl (C=O) groups is 2. The van der Waals surface area contributed by atoms with Crippen LogP contribution in [0.1, 0.15) is 24.1 Å². The predicted octanol–water partition coefficient (Wildman–Crippen LogP) is 2.84. The van der Waals surface area contributed by atoms with Gasteiger partial charge in [0, 0.05) is 18.7 Å². The molecule has 2 heterocycles. The Hall–Kier alpha value is -3.52. The van der Waals surface area contributed by atoms with Gasteiger partial charge >= 0.3 is 0 Å². The van der Waals surface area contributed by atoms with Crippen LogP contribution in [0.25, 0.3) is 5.76 Å². The molecule has 2 aromatic rings. The van der Waals surface area contributed by atoms with E-state index >= 15 is 0 Å². The zero-order valence-electron chi connectivity index (χ0n) is 19.0. The van der Waals surface area contributed by atoms with Crippen LogP contribution < -0.4 is 14.2 Å². The first-order chi connectivity index (χ1) is 15.9. The topological polar surface area (TPSA) is 88.5 Å². The molecule has 0 saturated carbocycles. The Morgan fingerprint density at radius 3 is 2.45 bits per heavy atom. The number of likely N-dealkylation sites (tertiary alicyclic amines) is 1. The van der Waals surface area contributed by atoms with E-state index in [9.17, 15) is 14.7 Å². The van der Waals surface area contributed by atoms with E-state index in [4.69, 9.17) is 14.2 Å². The average Bonchev–Trinajstić information content (AvgIpc) is 3.07. The lowest BCUT2D eigenvalue weighted by molar-refractivity contribution is -0.140. The summed E-state index contributed by atoms with van der Waals surface area (Å²) in [4.78, 5) is 29.6. The Morgan fingerprint density at radius 1 is 1.09 bits per heavy atom. The minimum Gasteiger partial charge on any atom is -0.507 e. The Balaban J connectivity index is 1.79. The molecule has 0 radical (unpaired) electrons. The third-order valence-electron chi connectivity index (χ3n) is 5.65. The van der Waals surface area contributed by atoms with Crippen LogP contribution in [-0.2, 0) is 9.59 Å². The van der Waals surface area contributed by atoms with E-state index in [-0.39, 0.29) is 11.3 Å². The van der Waals surface area contributed by atoms with Crippen molar-refractivity contribution >= 4 is 17.4 Å². The van der Waals surface area contributed by atoms with Crippen LogP contribution in [0.5, 0.6) is 17.2 Å². The number of likely N-dealkylation sites (N-methyl/N-ethyl adjacent to an activating group) is 1. The summed E-state index contributed by atoms with van der Waals surface area (Å²) in [7, 11) is 3.80. The molecule has 1 atom stereocenters. The average molecular weight is 453 g/mol. The molecule has 2 aromatic carbocycles. The Kier molecular flexibility index (Phi) is 6.55. The number of ketones is 1. The number of aliphatic hydroxyl groups is 1. The van der Waals surface area contributed by atoms with Gasteiger partial charge in [-0.1, -0.05) is 12.1 Å². The molecule has 1 fully saturated rings. The molecule has 8 heteroatoms. The molecule has 0 unspecified atom stereocenters. The van der Waals surface area contributed by atoms with Gasteiger partial charge in [0.05, 0.1) is 18.2 Å². The second kappa shape index (κ2) is 9.54. The fraction of sp³-hybridized carbons (Fsp3) is 0.360. The van der Waals surface area contributed by atoms with E-state index in [1.807, 2.05) is 38.1 Å². The number of Topliss-reactive ketones (excluding diaryl/α,β-unsaturated/α-hetero) is 1. The maximum Gasteiger partial charge on any atom is 0.295 e. The molecular formula is C25H28N2O6. The number of rotatable bonds is 7. The van der Waals surface area contributed by atoms with Gasteiger partial charge in [-0.15, -0.1) is 0 Å². The number of benzene rings is 2. The van der Waals surface area contributed by atoms with Crippen molar-refractivity contribution < 1.29 is 28.9 Å². The third kappa shape index (κ3) is 4.52. The normalized spacial score (nSPS) is 19.3. The predicted molar refractivity (Wildman–Crippen MR) is 123 cm³/mol. The number of aliphatic hydroxyl groups excluding tert-OH is 1. The minimum atomic E-state index is -0.714. The Bertz CT molecular complexity index is 1080. The second-order valence-corrected chi connectivity index (χ2v) is 8.16. The lowest BCUT2D eigenvalue weighted by Crippen LogP contribution is -2.35. The van der Waals surface area contributed by atoms with Crippen molar-refractivity contribution in [3.63, 3.8) is 0 Å². The first kappa shape index (κ1) is 22.7. The van der Waals surface area contributed by atoms with E-state index < -0.39 is 17.7 Å². The van der Waals surface area contributed by atoms with Gasteiger partial charge in [0.25, 0.3) is 11.7 Å². The highest BCUT2D eigenvalue weighted by Gasteiger charge is 2.46. The summed E-state index contributed by atoms with van der Waals surface area (Å²) >= 11 is 0. The molecule has 0 aliphatic carbocycles. The van der Waals surface area contributed by atoms with Crippen molar-refractivity contribution in [2.45, 2.75) is 13.0 Å². The second-order valence-electron chi connectivity index (χ2n) is 8.16. The smallest absolute Gasteiger partial charge is 0.295 e. The van der Waals surface area contributed by atoms with Gasteiger partial charge in [-0.3, -0.25) is 9.59 Å². The molecule has 8 nitrogen and oxygen atoms in total. The molecule has 0 spiro atoms. The zero-order chi connectivity index (χ0) is 23.5. The summed E-state index contributed by atoms with van der Waals surface area (Å²) in [6, 6.07) is 11.5. The number of amides is 1. The van der Waals surface area contributed by atoms with Crippen LogP contribution in [0, 0.1) is 0 Å². The molecular weight excluding hydrogens is 424 g/mol. The Morgan fingerprint density at radius 2 is 1.79 bits per heavy atom. The van der Waals surface area contributed by atoms with Gasteiger partial charge in [0.2, 0.25) is 0 Å². The van der Waals surface area contributed by atoms with Crippen LogP contribution in [0.3, 0.4) is 0 Å². The van der Waals surface area contributed by atoms with Gasteiger partial charge in [-0.05, 0) is 56.9 Å². The molecule has 174 valence electrons. The van der Waals surface area contributed by atoms with Gasteiger partial charge < -0.3 is 29.1 Å². The lowest BCUT2D eigenvalue weighted by atomic mass is 9.95. The summed E-state index contributed by atoms with van der Waals surface area (Å²) in [5, 5.41) is 11.2. The van der Waals surface area contributed by atoms with Crippen LogP contribution in [0.15, 0.2) is 48.0 Å². The van der Waals surface area contributed by atoms with Crippen molar-refractivity contribution in [2.24, 2.45) is 0 Å². The van der Waals surface area contributed by atoms with E-state index in [0.29, 0.717) is 55.7 Å². The Labute approximate surface area is 193 Å². The van der Waals surface area contributed by atoms with E-state index in [0.717, 1.165) is 5.56 Å². The number of nitrogens with zero attached hydrogens (tertiary/aromatic N) is 2. The van der Waals surface area contributed by atoms with Crippen molar-refractivity contribution in [3.05, 3.63) is 59.2 Å². The molecule has 33 heavy (non-hydrogen) atoms. The van der Waals surface area contributed by atoms with E-state index in [1.54, 1.807) is 30.3 Å². The van der Waals surface area contributed by atoms with Crippen molar-refractivity contribution in [3.8, 4) is 17.2 Å². The van der Waals surface area contributed by atoms with Gasteiger partial charge in [-0.25, -0.2) is 0 Å². The monoisotopic (exact) mass is 452 g/mol. The summed E-state index contributed by atoms with van der Waals surface area (Å²) in [6.45, 7) is 4.20. The summed E-state index contributed by atoms with van der Waals surface area (Å²) in [5.41, 5.74) is 1.16. The molecule has 2 aliphatic heterocycles. The fourth-order valence-electron chi connectivity index (χ4n) is 4.02. The standard InChI is InChI=1S/C25H28N2O6/c1-4-31-18-8-5-16(6-9-18)22-21(24(29)25(30)27(22)12-11-26(2)3)23(28)17-7-10-19-20(15-17)33-14-13-32-19/h5-10,15,22,28H,4,11-14H2,1-3H3/t22-/m1/s1. The number of hydrogen-bond donors (Lipinski definition) is 1. The minimum absolute atomic E-state index is 0.0552. The van der Waals surface area contributed by atoms with Crippen LogP contribution in [-0.4, -0.2) is 73.6 Å². The van der Waals surface area contributed by atoms with E-state index in [1.165, 1.54) is 4.90 Å². The first-order valence-electron chi connectivity index (χ1n) is 11.0. The van der Waals surface area contributed by atoms with Crippen LogP contribution in [0.2, 0.25) is 0 Å². The number of fused-ring (bicyclic) bond motifs is 1. The molecule has 1 N–H and O–H groups in total. The lowest BCUT2D eigenvalue weighted by Gasteiger charge is -2.26. The first-order valence-corrected chi connectivity index (χ1v) is 11.0. The SMILES string of the molecule is CCOc1ccc([C@@H]2C(=C(O)c3ccc4c(c3)OCCO4)C(=O)C(=O)N2CCN(C)C)cc1. The third-order valence-corrected chi connectivity index (χ3v) is 5.65. The van der Waals surface area contributed by atoms with E-state index in [2.05, 4.69) is 0 Å². The van der Waals surface area contributed by atoms with Gasteiger partial charge in [0.1, 0.15) is 24.7 Å². The highest BCUT2D eigenvalue weighted by molar-refractivity contribution is 6.46. The largest absolute Gasteiger partial charge is 0.507 e. The van der Waals surface area contributed by atoms with Crippen molar-refractivity contribution in [2.75, 3.05) is 47.0 Å². The van der Waals surface area contributed by atoms with Gasteiger partial charge in [-0.2, -0.15) is 0 Å². The summed E-state index contributed by atoms with van der Waals surface area (Å²) in [5.74, 6) is 0.182. The molecule has 2 aliphatic rings. The number of ether oxygens (including phenoxy) is 3. The molecule has 0 aromatic heterocycles. The molecule has 4 rings (SSSR count). The maximum atomic E-state index is 13.1. The summed E-state index contributed by atoms with van der Waals surface area (Å²) < 4.78 is 16.7. The molecule has 1 amide bonds. The van der Waals surface area contributed by atoms with Crippen molar-refractivity contribution in [1.82, 2.24) is 9.80 Å². The highest BCUT2D eigenvalue weighted by Crippen LogP contribution is 2.41. The number of carbonyl (C=O) groups excluding carboxylic acids is 2. The maximum absolute atomic E-state index is 13.1. The highest BCUT2D eigenvalue weighted by atomic mass is 16.6. The summed E-state index contributed by atoms with van der Waals surface area (Å²) in [6.07, 6.45) is 0. The van der Waals surface area contributed by atoms with Crippen molar-refractivity contribution in [1.29, 1.82) is 0 Å². The number of hydrogen-bond acceptors (Lipinski definition) is 7. The van der Waals surface area contributed by atoms with Crippen LogP contribution >= 0.6 is 0 Å².